The Labute approximate surface area is 141 Å². The molecule has 0 spiro atoms. The second-order valence-corrected chi connectivity index (χ2v) is 4.32. The van der Waals surface area contributed by atoms with Crippen LogP contribution in [0.5, 0.6) is 0 Å². The van der Waals surface area contributed by atoms with Gasteiger partial charge in [0, 0.05) is 29.3 Å². The second kappa shape index (κ2) is 8.62. The van der Waals surface area contributed by atoms with Gasteiger partial charge in [0.1, 0.15) is 0 Å². The topological polar surface area (TPSA) is 129 Å². The van der Waals surface area contributed by atoms with E-state index in [-0.39, 0.29) is 22.4 Å². The summed E-state index contributed by atoms with van der Waals surface area (Å²) in [4.78, 5) is 79.8. The van der Waals surface area contributed by atoms with E-state index >= 15 is 0 Å². The van der Waals surface area contributed by atoms with E-state index in [1.54, 1.807) is 0 Å². The Morgan fingerprint density at radius 1 is 0.773 bits per heavy atom. The minimum absolute atomic E-state index is 0. The number of Topliss-reactive ketones (excluding diaryl/α,β-unsaturated/α-hetero) is 5. The fraction of sp³-hybridized carbons (Fsp3) is 0.462. The summed E-state index contributed by atoms with van der Waals surface area (Å²) in [6, 6.07) is 0. The third-order valence-electron chi connectivity index (χ3n) is 2.79. The van der Waals surface area contributed by atoms with Crippen molar-refractivity contribution in [3.63, 3.8) is 0 Å². The maximum absolute atomic E-state index is 12.0. The smallest absolute Gasteiger partial charge is 0.382 e. The van der Waals surface area contributed by atoms with E-state index in [4.69, 9.17) is 0 Å². The molecule has 0 aromatic carbocycles. The Morgan fingerprint density at radius 3 is 1.41 bits per heavy atom. The summed E-state index contributed by atoms with van der Waals surface area (Å²) in [7, 11) is 0. The van der Waals surface area contributed by atoms with Crippen molar-refractivity contribution in [1.82, 2.24) is 0 Å². The molecule has 9 heteroatoms. The number of carbonyl (C=O) groups is 7. The first-order chi connectivity index (χ1) is 9.47. The molecule has 8 nitrogen and oxygen atoms in total. The van der Waals surface area contributed by atoms with Crippen LogP contribution in [0, 0.1) is 5.41 Å². The maximum Gasteiger partial charge on any atom is 0.382 e. The molecule has 0 atom stereocenters. The van der Waals surface area contributed by atoms with Gasteiger partial charge in [-0.25, -0.2) is 4.79 Å². The van der Waals surface area contributed by atoms with Crippen molar-refractivity contribution in [3.05, 3.63) is 0 Å². The summed E-state index contributed by atoms with van der Waals surface area (Å²) < 4.78 is 3.97. The number of carbonyl (C=O) groups excluding carboxylic acids is 7. The van der Waals surface area contributed by atoms with Crippen LogP contribution in [-0.4, -0.2) is 40.9 Å². The average molecular weight is 479 g/mol. The Balaban J connectivity index is 0. The van der Waals surface area contributed by atoms with Crippen molar-refractivity contribution in [2.45, 2.75) is 34.1 Å². The number of ketones is 5. The summed E-state index contributed by atoms with van der Waals surface area (Å²) >= 11 is 0. The molecule has 0 rings (SSSR count). The molecule has 0 aromatic heterocycles. The van der Waals surface area contributed by atoms with Gasteiger partial charge in [-0.1, -0.05) is 0 Å². The molecule has 0 saturated carbocycles. The van der Waals surface area contributed by atoms with E-state index in [1.165, 1.54) is 0 Å². The van der Waals surface area contributed by atoms with Gasteiger partial charge in [-0.15, -0.1) is 0 Å². The van der Waals surface area contributed by atoms with E-state index in [9.17, 15) is 33.6 Å². The fourth-order valence-corrected chi connectivity index (χ4v) is 1.87. The molecule has 0 unspecified atom stereocenters. The van der Waals surface area contributed by atoms with Crippen molar-refractivity contribution >= 4 is 40.9 Å². The van der Waals surface area contributed by atoms with Crippen LogP contribution in [-0.2, 0) is 60.7 Å². The summed E-state index contributed by atoms with van der Waals surface area (Å²) in [6.07, 6.45) is -1.19. The standard InChI is InChI=1S/C13H14O8.Ta/c1-6(14)13(7(2)15,8(3)16)11(19)5-10(18)12(20)21-9(4)17;/h5H2,1-4H3;. The van der Waals surface area contributed by atoms with Gasteiger partial charge < -0.3 is 4.74 Å². The molecule has 0 amide bonds. The summed E-state index contributed by atoms with van der Waals surface area (Å²) in [5, 5.41) is 0. The Morgan fingerprint density at radius 2 is 1.14 bits per heavy atom. The average Bonchev–Trinajstić information content (AvgIpc) is 2.26. The second-order valence-electron chi connectivity index (χ2n) is 4.32. The number of hydrogen-bond donors (Lipinski definition) is 0. The molecule has 22 heavy (non-hydrogen) atoms. The van der Waals surface area contributed by atoms with Gasteiger partial charge in [0.05, 0.1) is 6.42 Å². The number of hydrogen-bond acceptors (Lipinski definition) is 8. The van der Waals surface area contributed by atoms with Crippen LogP contribution in [0.3, 0.4) is 0 Å². The SMILES string of the molecule is CC(=O)OC(=O)C(=O)CC(=O)C(C(C)=O)(C(C)=O)C(C)=O.[Ta]. The number of esters is 2. The molecular formula is C13H14O8Ta. The quantitative estimate of drug-likeness (QED) is 0.268. The van der Waals surface area contributed by atoms with Crippen molar-refractivity contribution < 1.29 is 60.7 Å². The predicted octanol–water partition coefficient (Wildman–Crippen LogP) is -0.645. The Bertz CT molecular complexity index is 524. The first-order valence-corrected chi connectivity index (χ1v) is 5.79. The van der Waals surface area contributed by atoms with Gasteiger partial charge in [0.2, 0.25) is 11.2 Å². The van der Waals surface area contributed by atoms with Crippen LogP contribution >= 0.6 is 0 Å². The van der Waals surface area contributed by atoms with Crippen molar-refractivity contribution in [1.29, 1.82) is 0 Å². The fourth-order valence-electron chi connectivity index (χ4n) is 1.87. The first kappa shape index (κ1) is 22.5. The van der Waals surface area contributed by atoms with Crippen LogP contribution in [0.1, 0.15) is 34.1 Å². The van der Waals surface area contributed by atoms with Crippen molar-refractivity contribution in [2.24, 2.45) is 5.41 Å². The van der Waals surface area contributed by atoms with Gasteiger partial charge in [-0.3, -0.25) is 28.8 Å². The van der Waals surface area contributed by atoms with E-state index in [2.05, 4.69) is 4.74 Å². The molecule has 0 aliphatic heterocycles. The van der Waals surface area contributed by atoms with E-state index in [0.29, 0.717) is 0 Å². The summed E-state index contributed by atoms with van der Waals surface area (Å²) in [5.41, 5.74) is -2.60. The molecule has 0 heterocycles. The Hall–Kier alpha value is -1.77. The predicted molar refractivity (Wildman–Crippen MR) is 65.9 cm³/mol. The zero-order valence-electron chi connectivity index (χ0n) is 12.4. The monoisotopic (exact) mass is 479 g/mol. The molecule has 1 radical (unpaired) electrons. The van der Waals surface area contributed by atoms with Crippen LogP contribution in [0.2, 0.25) is 0 Å². The molecule has 119 valence electrons. The summed E-state index contributed by atoms with van der Waals surface area (Å²) in [6.45, 7) is 3.45. The van der Waals surface area contributed by atoms with Gasteiger partial charge in [-0.2, -0.15) is 0 Å². The van der Waals surface area contributed by atoms with Gasteiger partial charge in [0.25, 0.3) is 0 Å². The maximum atomic E-state index is 12.0. The van der Waals surface area contributed by atoms with E-state index < -0.39 is 52.7 Å². The molecule has 0 aromatic rings. The van der Waals surface area contributed by atoms with Gasteiger partial charge in [0.15, 0.2) is 23.1 Å². The number of rotatable bonds is 7. The van der Waals surface area contributed by atoms with Crippen LogP contribution in [0.4, 0.5) is 0 Å². The molecule has 0 fully saturated rings. The van der Waals surface area contributed by atoms with E-state index in [0.717, 1.165) is 27.7 Å². The minimum Gasteiger partial charge on any atom is -0.387 e. The zero-order valence-corrected chi connectivity index (χ0v) is 15.6. The molecule has 0 bridgehead atoms. The van der Waals surface area contributed by atoms with E-state index in [1.807, 2.05) is 0 Å². The molecule has 0 aliphatic carbocycles. The Kier molecular flexibility index (Phi) is 8.82. The zero-order chi connectivity index (χ0) is 17.0. The van der Waals surface area contributed by atoms with Crippen molar-refractivity contribution in [3.8, 4) is 0 Å². The normalized spacial score (nSPS) is 10.0. The molecule has 0 aliphatic rings. The molecule has 0 saturated heterocycles. The minimum atomic E-state index is -2.60. The van der Waals surface area contributed by atoms with Crippen LogP contribution in [0.15, 0.2) is 0 Å². The first-order valence-electron chi connectivity index (χ1n) is 5.79. The van der Waals surface area contributed by atoms with Crippen molar-refractivity contribution in [2.75, 3.05) is 0 Å². The molecule has 0 N–H and O–H groups in total. The van der Waals surface area contributed by atoms with Crippen LogP contribution < -0.4 is 0 Å². The third-order valence-corrected chi connectivity index (χ3v) is 2.79. The van der Waals surface area contributed by atoms with Crippen LogP contribution in [0.25, 0.3) is 0 Å². The molecular weight excluding hydrogens is 465 g/mol. The number of ether oxygens (including phenoxy) is 1. The van der Waals surface area contributed by atoms with Gasteiger partial charge >= 0.3 is 11.9 Å². The third kappa shape index (κ3) is 4.62. The largest absolute Gasteiger partial charge is 0.387 e. The summed E-state index contributed by atoms with van der Waals surface area (Å²) in [5.74, 6) is -8.53. The van der Waals surface area contributed by atoms with Gasteiger partial charge in [-0.05, 0) is 20.8 Å².